The molecule has 1 aromatic heterocycles. The summed E-state index contributed by atoms with van der Waals surface area (Å²) in [6.45, 7) is 4.28. The van der Waals surface area contributed by atoms with Crippen molar-refractivity contribution < 1.29 is 4.57 Å². The SMILES string of the molecule is CCC(Nc1cccc(Cl)c1Cl)=C(CC)[n+]1c[nH]c2ccccc21. The number of fused-ring (bicyclic) bond motifs is 1. The maximum Gasteiger partial charge on any atom is 0.247 e. The number of nitrogens with one attached hydrogen (secondary N) is 2. The van der Waals surface area contributed by atoms with Crippen LogP contribution < -0.4 is 9.88 Å². The molecule has 24 heavy (non-hydrogen) atoms. The van der Waals surface area contributed by atoms with Gasteiger partial charge in [-0.15, -0.1) is 0 Å². The van der Waals surface area contributed by atoms with Gasteiger partial charge in [-0.2, -0.15) is 4.57 Å². The molecule has 0 saturated heterocycles. The molecular weight excluding hydrogens is 341 g/mol. The van der Waals surface area contributed by atoms with Crippen LogP contribution in [0.4, 0.5) is 5.69 Å². The molecule has 0 aliphatic carbocycles. The van der Waals surface area contributed by atoms with Crippen LogP contribution in [-0.2, 0) is 0 Å². The summed E-state index contributed by atoms with van der Waals surface area (Å²) < 4.78 is 2.19. The van der Waals surface area contributed by atoms with Crippen molar-refractivity contribution in [2.45, 2.75) is 26.7 Å². The van der Waals surface area contributed by atoms with Gasteiger partial charge in [-0.1, -0.05) is 55.2 Å². The van der Waals surface area contributed by atoms with Gasteiger partial charge in [0.05, 0.1) is 21.4 Å². The number of para-hydroxylation sites is 2. The Morgan fingerprint density at radius 1 is 1.04 bits per heavy atom. The average Bonchev–Trinajstić information content (AvgIpc) is 3.02. The molecule has 0 aliphatic rings. The molecule has 2 N–H and O–H groups in total. The summed E-state index contributed by atoms with van der Waals surface area (Å²) in [4.78, 5) is 3.32. The van der Waals surface area contributed by atoms with Crippen LogP contribution in [0.3, 0.4) is 0 Å². The van der Waals surface area contributed by atoms with Gasteiger partial charge < -0.3 is 5.32 Å². The predicted octanol–water partition coefficient (Wildman–Crippen LogP) is 5.86. The number of aromatic nitrogens is 2. The van der Waals surface area contributed by atoms with Crippen molar-refractivity contribution in [1.29, 1.82) is 0 Å². The van der Waals surface area contributed by atoms with Crippen molar-refractivity contribution in [3.05, 3.63) is 64.5 Å². The lowest BCUT2D eigenvalue weighted by atomic mass is 10.2. The third-order valence-corrected chi connectivity index (χ3v) is 4.90. The Balaban J connectivity index is 2.09. The fraction of sp³-hybridized carbons (Fsp3) is 0.211. The van der Waals surface area contributed by atoms with Crippen LogP contribution in [0, 0.1) is 0 Å². The summed E-state index contributed by atoms with van der Waals surface area (Å²) in [6.07, 6.45) is 3.75. The van der Waals surface area contributed by atoms with E-state index < -0.39 is 0 Å². The zero-order chi connectivity index (χ0) is 17.1. The van der Waals surface area contributed by atoms with Crippen molar-refractivity contribution in [2.24, 2.45) is 0 Å². The number of allylic oxidation sites excluding steroid dienone is 2. The van der Waals surface area contributed by atoms with Gasteiger partial charge in [0.15, 0.2) is 11.0 Å². The topological polar surface area (TPSA) is 31.7 Å². The highest BCUT2D eigenvalue weighted by Gasteiger charge is 2.17. The van der Waals surface area contributed by atoms with E-state index in [1.54, 1.807) is 6.07 Å². The fourth-order valence-electron chi connectivity index (χ4n) is 2.89. The largest absolute Gasteiger partial charge is 0.354 e. The van der Waals surface area contributed by atoms with E-state index in [-0.39, 0.29) is 0 Å². The van der Waals surface area contributed by atoms with Gasteiger partial charge >= 0.3 is 0 Å². The Bertz CT molecular complexity index is 897. The molecule has 5 heteroatoms. The van der Waals surface area contributed by atoms with Gasteiger partial charge in [-0.25, -0.2) is 4.98 Å². The summed E-state index contributed by atoms with van der Waals surface area (Å²) in [5, 5.41) is 4.57. The summed E-state index contributed by atoms with van der Waals surface area (Å²) in [6, 6.07) is 13.9. The molecule has 2 aromatic carbocycles. The molecule has 0 amide bonds. The molecule has 0 atom stereocenters. The minimum Gasteiger partial charge on any atom is -0.354 e. The molecule has 0 unspecified atom stereocenters. The van der Waals surface area contributed by atoms with Crippen LogP contribution in [0.25, 0.3) is 16.7 Å². The first kappa shape index (κ1) is 16.9. The van der Waals surface area contributed by atoms with Crippen molar-refractivity contribution in [3.63, 3.8) is 0 Å². The number of anilines is 1. The van der Waals surface area contributed by atoms with Gasteiger partial charge in [-0.3, -0.25) is 0 Å². The Morgan fingerprint density at radius 2 is 1.83 bits per heavy atom. The van der Waals surface area contributed by atoms with E-state index in [1.165, 1.54) is 5.70 Å². The minimum absolute atomic E-state index is 0.546. The third kappa shape index (κ3) is 3.14. The Morgan fingerprint density at radius 3 is 2.58 bits per heavy atom. The van der Waals surface area contributed by atoms with Gasteiger partial charge in [-0.05, 0) is 30.7 Å². The number of benzene rings is 2. The number of imidazole rings is 1. The van der Waals surface area contributed by atoms with E-state index in [0.29, 0.717) is 10.0 Å². The molecule has 0 saturated carbocycles. The Kier molecular flexibility index (Phi) is 5.12. The Labute approximate surface area is 151 Å². The average molecular weight is 361 g/mol. The number of nitrogens with zero attached hydrogens (tertiary/aromatic N) is 1. The first-order valence-corrected chi connectivity index (χ1v) is 8.82. The number of halogens is 2. The van der Waals surface area contributed by atoms with E-state index in [9.17, 15) is 0 Å². The second-order valence-corrected chi connectivity index (χ2v) is 6.30. The zero-order valence-corrected chi connectivity index (χ0v) is 15.2. The van der Waals surface area contributed by atoms with Crippen molar-refractivity contribution in [3.8, 4) is 0 Å². The highest BCUT2D eigenvalue weighted by Crippen LogP contribution is 2.31. The van der Waals surface area contributed by atoms with Gasteiger partial charge in [0.25, 0.3) is 0 Å². The van der Waals surface area contributed by atoms with E-state index in [1.807, 2.05) is 30.6 Å². The fourth-order valence-corrected chi connectivity index (χ4v) is 3.24. The maximum atomic E-state index is 6.33. The van der Waals surface area contributed by atoms with Gasteiger partial charge in [0, 0.05) is 6.42 Å². The van der Waals surface area contributed by atoms with E-state index in [0.717, 1.165) is 35.3 Å². The van der Waals surface area contributed by atoms with Crippen LogP contribution in [0.5, 0.6) is 0 Å². The lowest BCUT2D eigenvalue weighted by Gasteiger charge is -2.14. The number of hydrogen-bond donors (Lipinski definition) is 2. The number of hydrogen-bond acceptors (Lipinski definition) is 1. The maximum absolute atomic E-state index is 6.33. The van der Waals surface area contributed by atoms with Crippen LogP contribution in [0.1, 0.15) is 26.7 Å². The van der Waals surface area contributed by atoms with E-state index in [2.05, 4.69) is 40.8 Å². The summed E-state index contributed by atoms with van der Waals surface area (Å²) >= 11 is 12.5. The highest BCUT2D eigenvalue weighted by molar-refractivity contribution is 6.43. The molecule has 124 valence electrons. The zero-order valence-electron chi connectivity index (χ0n) is 13.7. The Hall–Kier alpha value is -1.97. The third-order valence-electron chi connectivity index (χ3n) is 4.08. The van der Waals surface area contributed by atoms with Gasteiger partial charge in [0.1, 0.15) is 5.70 Å². The molecule has 3 nitrogen and oxygen atoms in total. The standard InChI is InChI=1S/C19H19Cl2N3/c1-3-14(23-16-10-7-8-13(20)19(16)21)17(4-2)24-12-22-15-9-5-6-11-18(15)24/h5-12,23H,3-4H2,1-2H3/p+1. The van der Waals surface area contributed by atoms with Crippen LogP contribution >= 0.6 is 23.2 Å². The molecule has 1 heterocycles. The summed E-state index contributed by atoms with van der Waals surface area (Å²) in [5.74, 6) is 0. The lowest BCUT2D eigenvalue weighted by Crippen LogP contribution is -2.32. The molecule has 0 spiro atoms. The second kappa shape index (κ2) is 7.29. The number of rotatable bonds is 5. The van der Waals surface area contributed by atoms with Gasteiger partial charge in [0.2, 0.25) is 6.33 Å². The monoisotopic (exact) mass is 360 g/mol. The van der Waals surface area contributed by atoms with Crippen molar-refractivity contribution >= 4 is 45.6 Å². The smallest absolute Gasteiger partial charge is 0.247 e. The summed E-state index contributed by atoms with van der Waals surface area (Å²) in [5.41, 5.74) is 5.41. The normalized spacial score (nSPS) is 12.3. The van der Waals surface area contributed by atoms with E-state index >= 15 is 0 Å². The molecule has 0 bridgehead atoms. The molecular formula is C19H20Cl2N3+. The van der Waals surface area contributed by atoms with Crippen molar-refractivity contribution in [2.75, 3.05) is 5.32 Å². The first-order chi connectivity index (χ1) is 11.7. The van der Waals surface area contributed by atoms with Crippen LogP contribution in [-0.4, -0.2) is 4.98 Å². The molecule has 0 aliphatic heterocycles. The molecule has 0 fully saturated rings. The molecule has 3 rings (SSSR count). The summed E-state index contributed by atoms with van der Waals surface area (Å²) in [7, 11) is 0. The molecule has 3 aromatic rings. The second-order valence-electron chi connectivity index (χ2n) is 5.52. The first-order valence-electron chi connectivity index (χ1n) is 8.06. The van der Waals surface area contributed by atoms with Crippen LogP contribution in [0.15, 0.2) is 54.5 Å². The quantitative estimate of drug-likeness (QED) is 0.548. The minimum atomic E-state index is 0.546. The predicted molar refractivity (Wildman–Crippen MR) is 102 cm³/mol. The highest BCUT2D eigenvalue weighted by atomic mass is 35.5. The van der Waals surface area contributed by atoms with Crippen LogP contribution in [0.2, 0.25) is 10.0 Å². The van der Waals surface area contributed by atoms with E-state index in [4.69, 9.17) is 23.2 Å². The van der Waals surface area contributed by atoms with Crippen molar-refractivity contribution in [1.82, 2.24) is 4.98 Å². The number of aromatic amines is 1. The number of H-pyrrole nitrogens is 1. The lowest BCUT2D eigenvalue weighted by molar-refractivity contribution is -0.555. The molecule has 0 radical (unpaired) electrons.